The van der Waals surface area contributed by atoms with Gasteiger partial charge in [0.2, 0.25) is 5.91 Å². The molecule has 2 saturated heterocycles. The number of ether oxygens (including phenoxy) is 1. The van der Waals surface area contributed by atoms with Crippen molar-refractivity contribution in [3.63, 3.8) is 0 Å². The van der Waals surface area contributed by atoms with Gasteiger partial charge in [-0.3, -0.25) is 9.69 Å². The predicted octanol–water partition coefficient (Wildman–Crippen LogP) is 6.52. The molecule has 0 atom stereocenters. The van der Waals surface area contributed by atoms with Gasteiger partial charge in [-0.1, -0.05) is 18.2 Å². The number of halogens is 3. The third-order valence-corrected chi connectivity index (χ3v) is 7.82. The smallest absolute Gasteiger partial charge is 0.227 e. The SMILES string of the molecule is Cc1ccc(NC(=O)C2CCNCC2)cc1C1CCN(Cc2ccc(Oc3cc(F)c(F)cc3F)cc2)CC1. The Morgan fingerprint density at radius 2 is 1.62 bits per heavy atom. The molecule has 2 aliphatic heterocycles. The molecular formula is C31H34F3N3O2. The molecule has 3 aromatic rings. The van der Waals surface area contributed by atoms with Crippen LogP contribution in [0.5, 0.6) is 11.5 Å². The molecule has 2 aliphatic rings. The molecule has 0 aromatic heterocycles. The number of hydrogen-bond acceptors (Lipinski definition) is 4. The number of piperidine rings is 2. The van der Waals surface area contributed by atoms with E-state index in [2.05, 4.69) is 34.6 Å². The largest absolute Gasteiger partial charge is 0.454 e. The standard InChI is InChI=1S/C31H34F3N3O2/c1-20-2-5-24(36-31(38)23-8-12-35-13-9-23)16-26(20)22-10-14-37(15-11-22)19-21-3-6-25(7-4-21)39-30-18-28(33)27(32)17-29(30)34/h2-7,16-18,22-23,35H,8-15,19H2,1H3,(H,36,38). The maximum atomic E-state index is 13.9. The van der Waals surface area contributed by atoms with Crippen LogP contribution in [0.2, 0.25) is 0 Å². The molecule has 5 nitrogen and oxygen atoms in total. The van der Waals surface area contributed by atoms with Crippen molar-refractivity contribution in [2.75, 3.05) is 31.5 Å². The quantitative estimate of drug-likeness (QED) is 0.337. The van der Waals surface area contributed by atoms with Crippen LogP contribution in [0.1, 0.15) is 48.3 Å². The number of nitrogens with one attached hydrogen (secondary N) is 2. The van der Waals surface area contributed by atoms with Crippen LogP contribution in [-0.2, 0) is 11.3 Å². The summed E-state index contributed by atoms with van der Waals surface area (Å²) in [5.74, 6) is -2.72. The second-order valence-electron chi connectivity index (χ2n) is 10.6. The Bertz CT molecular complexity index is 1300. The number of likely N-dealkylation sites (tertiary alicyclic amines) is 1. The molecule has 0 radical (unpaired) electrons. The maximum Gasteiger partial charge on any atom is 0.227 e. The number of hydrogen-bond donors (Lipinski definition) is 2. The zero-order chi connectivity index (χ0) is 27.4. The van der Waals surface area contributed by atoms with Crippen molar-refractivity contribution in [1.82, 2.24) is 10.2 Å². The highest BCUT2D eigenvalue weighted by molar-refractivity contribution is 5.92. The number of carbonyl (C=O) groups is 1. The first-order valence-electron chi connectivity index (χ1n) is 13.6. The molecule has 2 fully saturated rings. The van der Waals surface area contributed by atoms with Gasteiger partial charge < -0.3 is 15.4 Å². The molecule has 1 amide bonds. The number of aryl methyl sites for hydroxylation is 1. The lowest BCUT2D eigenvalue weighted by Gasteiger charge is -2.33. The molecule has 206 valence electrons. The number of nitrogens with zero attached hydrogens (tertiary/aromatic N) is 1. The Morgan fingerprint density at radius 1 is 0.923 bits per heavy atom. The summed E-state index contributed by atoms with van der Waals surface area (Å²) >= 11 is 0. The zero-order valence-corrected chi connectivity index (χ0v) is 22.1. The molecule has 0 spiro atoms. The monoisotopic (exact) mass is 537 g/mol. The molecule has 0 aliphatic carbocycles. The Hall–Kier alpha value is -3.36. The Labute approximate surface area is 227 Å². The van der Waals surface area contributed by atoms with Crippen molar-refractivity contribution in [1.29, 1.82) is 0 Å². The third-order valence-electron chi connectivity index (χ3n) is 7.82. The van der Waals surface area contributed by atoms with Crippen LogP contribution in [0, 0.1) is 30.3 Å². The summed E-state index contributed by atoms with van der Waals surface area (Å²) in [6.45, 7) is 6.60. The average molecular weight is 538 g/mol. The Morgan fingerprint density at radius 3 is 2.33 bits per heavy atom. The van der Waals surface area contributed by atoms with Crippen LogP contribution in [0.15, 0.2) is 54.6 Å². The summed E-state index contributed by atoms with van der Waals surface area (Å²) in [5.41, 5.74) is 4.53. The van der Waals surface area contributed by atoms with Crippen LogP contribution >= 0.6 is 0 Å². The van der Waals surface area contributed by atoms with E-state index in [1.165, 1.54) is 11.1 Å². The lowest BCUT2D eigenvalue weighted by Crippen LogP contribution is -2.34. The average Bonchev–Trinajstić information content (AvgIpc) is 2.95. The highest BCUT2D eigenvalue weighted by Gasteiger charge is 2.24. The maximum absolute atomic E-state index is 13.9. The fourth-order valence-electron chi connectivity index (χ4n) is 5.52. The lowest BCUT2D eigenvalue weighted by atomic mass is 9.86. The van der Waals surface area contributed by atoms with Gasteiger partial charge >= 0.3 is 0 Å². The fourth-order valence-corrected chi connectivity index (χ4v) is 5.52. The second kappa shape index (κ2) is 12.2. The van der Waals surface area contributed by atoms with E-state index in [9.17, 15) is 18.0 Å². The van der Waals surface area contributed by atoms with Crippen molar-refractivity contribution in [2.45, 2.75) is 45.1 Å². The molecule has 0 unspecified atom stereocenters. The summed E-state index contributed by atoms with van der Waals surface area (Å²) < 4.78 is 45.9. The first-order valence-corrected chi connectivity index (χ1v) is 13.6. The van der Waals surface area contributed by atoms with Crippen molar-refractivity contribution in [2.24, 2.45) is 5.92 Å². The molecule has 2 N–H and O–H groups in total. The van der Waals surface area contributed by atoms with Crippen molar-refractivity contribution in [3.8, 4) is 11.5 Å². The van der Waals surface area contributed by atoms with Crippen LogP contribution in [0.4, 0.5) is 18.9 Å². The van der Waals surface area contributed by atoms with Gasteiger partial charge in [-0.2, -0.15) is 0 Å². The molecule has 0 saturated carbocycles. The van der Waals surface area contributed by atoms with E-state index < -0.39 is 17.5 Å². The van der Waals surface area contributed by atoms with E-state index in [-0.39, 0.29) is 17.6 Å². The van der Waals surface area contributed by atoms with E-state index in [0.29, 0.717) is 23.8 Å². The summed E-state index contributed by atoms with van der Waals surface area (Å²) in [7, 11) is 0. The topological polar surface area (TPSA) is 53.6 Å². The minimum absolute atomic E-state index is 0.0759. The van der Waals surface area contributed by atoms with Crippen LogP contribution in [0.25, 0.3) is 0 Å². The van der Waals surface area contributed by atoms with Gasteiger partial charge in [-0.15, -0.1) is 0 Å². The van der Waals surface area contributed by atoms with Gasteiger partial charge in [0.15, 0.2) is 23.2 Å². The van der Waals surface area contributed by atoms with Crippen LogP contribution < -0.4 is 15.4 Å². The summed E-state index contributed by atoms with van der Waals surface area (Å²) in [6.07, 6.45) is 3.82. The second-order valence-corrected chi connectivity index (χ2v) is 10.6. The Balaban J connectivity index is 1.14. The van der Waals surface area contributed by atoms with Gasteiger partial charge in [-0.25, -0.2) is 13.2 Å². The van der Waals surface area contributed by atoms with Crippen molar-refractivity contribution < 1.29 is 22.7 Å². The summed E-state index contributed by atoms with van der Waals surface area (Å²) in [6, 6.07) is 14.7. The van der Waals surface area contributed by atoms with Gasteiger partial charge in [0, 0.05) is 30.3 Å². The molecule has 2 heterocycles. The fraction of sp³-hybridized carbons (Fsp3) is 0.387. The van der Waals surface area contributed by atoms with E-state index >= 15 is 0 Å². The molecule has 8 heteroatoms. The molecule has 39 heavy (non-hydrogen) atoms. The minimum atomic E-state index is -1.25. The van der Waals surface area contributed by atoms with Gasteiger partial charge in [0.1, 0.15) is 5.75 Å². The van der Waals surface area contributed by atoms with Crippen molar-refractivity contribution in [3.05, 3.63) is 88.7 Å². The normalized spacial score (nSPS) is 17.2. The number of benzene rings is 3. The predicted molar refractivity (Wildman–Crippen MR) is 145 cm³/mol. The van der Waals surface area contributed by atoms with Gasteiger partial charge in [0.05, 0.1) is 0 Å². The molecule has 3 aromatic carbocycles. The lowest BCUT2D eigenvalue weighted by molar-refractivity contribution is -0.120. The third kappa shape index (κ3) is 6.81. The zero-order valence-electron chi connectivity index (χ0n) is 22.1. The van der Waals surface area contributed by atoms with E-state index in [1.807, 2.05) is 18.2 Å². The number of carbonyl (C=O) groups excluding carboxylic acids is 1. The van der Waals surface area contributed by atoms with Gasteiger partial charge in [0.25, 0.3) is 0 Å². The highest BCUT2D eigenvalue weighted by atomic mass is 19.2. The van der Waals surface area contributed by atoms with E-state index in [4.69, 9.17) is 4.74 Å². The number of anilines is 1. The van der Waals surface area contributed by atoms with Gasteiger partial charge in [-0.05, 0) is 106 Å². The van der Waals surface area contributed by atoms with E-state index in [0.717, 1.165) is 69.7 Å². The molecular weight excluding hydrogens is 503 g/mol. The number of rotatable bonds is 7. The summed E-state index contributed by atoms with van der Waals surface area (Å²) in [5, 5.41) is 6.45. The summed E-state index contributed by atoms with van der Waals surface area (Å²) in [4.78, 5) is 15.1. The van der Waals surface area contributed by atoms with Crippen molar-refractivity contribution >= 4 is 11.6 Å². The minimum Gasteiger partial charge on any atom is -0.454 e. The van der Waals surface area contributed by atoms with E-state index in [1.54, 1.807) is 12.1 Å². The molecule has 0 bridgehead atoms. The van der Waals surface area contributed by atoms with Crippen LogP contribution in [0.3, 0.4) is 0 Å². The highest BCUT2D eigenvalue weighted by Crippen LogP contribution is 2.33. The first kappa shape index (κ1) is 27.2. The molecule has 5 rings (SSSR count). The first-order chi connectivity index (χ1) is 18.9. The number of amides is 1. The van der Waals surface area contributed by atoms with Crippen LogP contribution in [-0.4, -0.2) is 37.0 Å². The Kier molecular flexibility index (Phi) is 8.53.